The molecule has 1 atom stereocenters. The summed E-state index contributed by atoms with van der Waals surface area (Å²) in [6, 6.07) is 3.61. The quantitative estimate of drug-likeness (QED) is 0.885. The number of nitrogens with one attached hydrogen (secondary N) is 1. The summed E-state index contributed by atoms with van der Waals surface area (Å²) >= 11 is 0. The fourth-order valence-electron chi connectivity index (χ4n) is 2.59. The Kier molecular flexibility index (Phi) is 4.43. The van der Waals surface area contributed by atoms with Crippen LogP contribution in [0.1, 0.15) is 55.4 Å². The van der Waals surface area contributed by atoms with Gasteiger partial charge in [-0.25, -0.2) is 4.98 Å². The summed E-state index contributed by atoms with van der Waals surface area (Å²) in [4.78, 5) is 16.7. The van der Waals surface area contributed by atoms with Gasteiger partial charge >= 0.3 is 0 Å². The van der Waals surface area contributed by atoms with Crippen LogP contribution in [0.3, 0.4) is 0 Å². The van der Waals surface area contributed by atoms with Crippen LogP contribution in [0.25, 0.3) is 0 Å². The summed E-state index contributed by atoms with van der Waals surface area (Å²) in [5, 5.41) is 12.0. The van der Waals surface area contributed by atoms with Crippen molar-refractivity contribution in [3.05, 3.63) is 29.1 Å². The van der Waals surface area contributed by atoms with Crippen LogP contribution in [0, 0.1) is 5.41 Å². The molecular formula is C16H24N2O2. The minimum atomic E-state index is -0.197. The molecule has 1 heterocycles. The average Bonchev–Trinajstić information content (AvgIpc) is 2.42. The third-order valence-corrected chi connectivity index (χ3v) is 4.07. The first-order valence-electron chi connectivity index (χ1n) is 7.35. The van der Waals surface area contributed by atoms with Crippen LogP contribution in [0.4, 0.5) is 0 Å². The molecule has 1 aliphatic carbocycles. The number of carbonyl (C=O) groups excluding carboxylic acids is 1. The van der Waals surface area contributed by atoms with E-state index in [2.05, 4.69) is 24.1 Å². The van der Waals surface area contributed by atoms with Crippen molar-refractivity contribution in [1.82, 2.24) is 10.3 Å². The van der Waals surface area contributed by atoms with Gasteiger partial charge in [0.15, 0.2) is 0 Å². The van der Waals surface area contributed by atoms with Gasteiger partial charge in [-0.1, -0.05) is 26.8 Å². The highest BCUT2D eigenvalue weighted by atomic mass is 16.3. The maximum atomic E-state index is 12.1. The van der Waals surface area contributed by atoms with E-state index in [1.54, 1.807) is 6.07 Å². The first-order chi connectivity index (χ1) is 9.45. The van der Waals surface area contributed by atoms with Gasteiger partial charge in [0.25, 0.3) is 5.91 Å². The average molecular weight is 276 g/mol. The molecule has 2 N–H and O–H groups in total. The molecule has 4 heteroatoms. The van der Waals surface area contributed by atoms with Gasteiger partial charge in [-0.05, 0) is 42.7 Å². The van der Waals surface area contributed by atoms with Crippen molar-refractivity contribution in [2.24, 2.45) is 5.41 Å². The highest BCUT2D eigenvalue weighted by Gasteiger charge is 2.27. The van der Waals surface area contributed by atoms with Crippen molar-refractivity contribution in [3.8, 4) is 0 Å². The number of aromatic nitrogens is 1. The number of rotatable bonds is 4. The van der Waals surface area contributed by atoms with E-state index in [4.69, 9.17) is 5.11 Å². The number of hydrogen-bond donors (Lipinski definition) is 2. The van der Waals surface area contributed by atoms with E-state index in [0.717, 1.165) is 25.0 Å². The molecule has 0 aliphatic heterocycles. The Labute approximate surface area is 120 Å². The molecule has 0 aromatic carbocycles. The Bertz CT molecular complexity index is 493. The molecular weight excluding hydrogens is 252 g/mol. The van der Waals surface area contributed by atoms with Gasteiger partial charge in [0.2, 0.25) is 0 Å². The third kappa shape index (κ3) is 3.37. The number of pyridine rings is 1. The van der Waals surface area contributed by atoms with Crippen LogP contribution in [0.15, 0.2) is 12.1 Å². The highest BCUT2D eigenvalue weighted by molar-refractivity contribution is 5.92. The Morgan fingerprint density at radius 2 is 2.25 bits per heavy atom. The predicted molar refractivity (Wildman–Crippen MR) is 78.7 cm³/mol. The molecule has 0 radical (unpaired) electrons. The zero-order chi connectivity index (χ0) is 14.8. The zero-order valence-corrected chi connectivity index (χ0v) is 12.6. The van der Waals surface area contributed by atoms with Gasteiger partial charge in [-0.3, -0.25) is 4.79 Å². The molecule has 4 nitrogen and oxygen atoms in total. The fourth-order valence-corrected chi connectivity index (χ4v) is 2.59. The molecule has 1 unspecified atom stereocenters. The number of aliphatic hydroxyl groups is 1. The first-order valence-corrected chi connectivity index (χ1v) is 7.35. The van der Waals surface area contributed by atoms with Crippen molar-refractivity contribution >= 4 is 5.91 Å². The standard InChI is InChI=1S/C16H24N2O2/c1-4-12(10-19)17-15(20)13-6-5-11-7-8-16(2,3)9-14(11)18-13/h5-6,12,19H,4,7-10H2,1-3H3,(H,17,20). The van der Waals surface area contributed by atoms with Crippen molar-refractivity contribution in [1.29, 1.82) is 0 Å². The van der Waals surface area contributed by atoms with E-state index < -0.39 is 0 Å². The van der Waals surface area contributed by atoms with Crippen LogP contribution in [0.2, 0.25) is 0 Å². The lowest BCUT2D eigenvalue weighted by Gasteiger charge is -2.30. The predicted octanol–water partition coefficient (Wildman–Crippen LogP) is 2.10. The normalized spacial score (nSPS) is 18.2. The largest absolute Gasteiger partial charge is 0.394 e. The van der Waals surface area contributed by atoms with Gasteiger partial charge in [-0.2, -0.15) is 0 Å². The molecule has 110 valence electrons. The molecule has 1 amide bonds. The first kappa shape index (κ1) is 15.0. The fraction of sp³-hybridized carbons (Fsp3) is 0.625. The second-order valence-corrected chi connectivity index (χ2v) is 6.40. The summed E-state index contributed by atoms with van der Waals surface area (Å²) < 4.78 is 0. The van der Waals surface area contributed by atoms with Crippen LogP contribution in [0.5, 0.6) is 0 Å². The summed E-state index contributed by atoms with van der Waals surface area (Å²) in [6.07, 6.45) is 3.82. The maximum absolute atomic E-state index is 12.1. The molecule has 0 bridgehead atoms. The lowest BCUT2D eigenvalue weighted by Crippen LogP contribution is -2.37. The molecule has 0 saturated carbocycles. The van der Waals surface area contributed by atoms with Crippen molar-refractivity contribution in [2.45, 2.75) is 52.5 Å². The monoisotopic (exact) mass is 276 g/mol. The Balaban J connectivity index is 2.16. The van der Waals surface area contributed by atoms with Crippen LogP contribution < -0.4 is 5.32 Å². The van der Waals surface area contributed by atoms with Gasteiger partial charge in [0.05, 0.1) is 12.6 Å². The minimum Gasteiger partial charge on any atom is -0.394 e. The summed E-state index contributed by atoms with van der Waals surface area (Å²) in [5.74, 6) is -0.197. The molecule has 1 aliphatic rings. The molecule has 0 saturated heterocycles. The smallest absolute Gasteiger partial charge is 0.270 e. The van der Waals surface area contributed by atoms with E-state index in [1.165, 1.54) is 5.56 Å². The molecule has 0 spiro atoms. The number of fused-ring (bicyclic) bond motifs is 1. The summed E-state index contributed by atoms with van der Waals surface area (Å²) in [6.45, 7) is 6.37. The molecule has 1 aromatic rings. The zero-order valence-electron chi connectivity index (χ0n) is 12.6. The molecule has 20 heavy (non-hydrogen) atoms. The molecule has 1 aromatic heterocycles. The number of amides is 1. The molecule has 2 rings (SSSR count). The summed E-state index contributed by atoms with van der Waals surface area (Å²) in [7, 11) is 0. The van der Waals surface area contributed by atoms with Crippen molar-refractivity contribution in [2.75, 3.05) is 6.61 Å². The Hall–Kier alpha value is -1.42. The second kappa shape index (κ2) is 5.92. The minimum absolute atomic E-state index is 0.0415. The van der Waals surface area contributed by atoms with Gasteiger partial charge in [0, 0.05) is 5.69 Å². The van der Waals surface area contributed by atoms with Gasteiger partial charge < -0.3 is 10.4 Å². The van der Waals surface area contributed by atoms with E-state index in [1.807, 2.05) is 13.0 Å². The number of nitrogens with zero attached hydrogens (tertiary/aromatic N) is 1. The SMILES string of the molecule is CCC(CO)NC(=O)c1ccc2c(n1)CC(C)(C)CC2. The lowest BCUT2D eigenvalue weighted by molar-refractivity contribution is 0.0909. The topological polar surface area (TPSA) is 62.2 Å². The number of hydrogen-bond acceptors (Lipinski definition) is 3. The highest BCUT2D eigenvalue weighted by Crippen LogP contribution is 2.33. The maximum Gasteiger partial charge on any atom is 0.270 e. The van der Waals surface area contributed by atoms with Gasteiger partial charge in [0.1, 0.15) is 5.69 Å². The Morgan fingerprint density at radius 1 is 1.50 bits per heavy atom. The van der Waals surface area contributed by atoms with Crippen LogP contribution in [-0.4, -0.2) is 28.6 Å². The molecule has 0 fully saturated rings. The van der Waals surface area contributed by atoms with Crippen LogP contribution in [-0.2, 0) is 12.8 Å². The number of carbonyl (C=O) groups is 1. The second-order valence-electron chi connectivity index (χ2n) is 6.40. The number of aliphatic hydroxyl groups excluding tert-OH is 1. The van der Waals surface area contributed by atoms with E-state index in [9.17, 15) is 4.79 Å². The van der Waals surface area contributed by atoms with Crippen LogP contribution >= 0.6 is 0 Å². The van der Waals surface area contributed by atoms with E-state index >= 15 is 0 Å². The van der Waals surface area contributed by atoms with Gasteiger partial charge in [-0.15, -0.1) is 0 Å². The van der Waals surface area contributed by atoms with E-state index in [0.29, 0.717) is 12.1 Å². The van der Waals surface area contributed by atoms with Crippen molar-refractivity contribution in [3.63, 3.8) is 0 Å². The lowest BCUT2D eigenvalue weighted by atomic mass is 9.76. The third-order valence-electron chi connectivity index (χ3n) is 4.07. The van der Waals surface area contributed by atoms with Crippen molar-refractivity contribution < 1.29 is 9.90 Å². The van der Waals surface area contributed by atoms with E-state index in [-0.39, 0.29) is 24.0 Å². The number of aryl methyl sites for hydroxylation is 1. The summed E-state index contributed by atoms with van der Waals surface area (Å²) in [5.41, 5.74) is 3.01. The Morgan fingerprint density at radius 3 is 2.90 bits per heavy atom.